The van der Waals surface area contributed by atoms with Gasteiger partial charge in [0.05, 0.1) is 20.8 Å². The van der Waals surface area contributed by atoms with Crippen LogP contribution < -0.4 is 19.5 Å². The maximum atomic E-state index is 13.7. The zero-order valence-corrected chi connectivity index (χ0v) is 23.0. The first-order chi connectivity index (χ1) is 18.5. The molecule has 3 aromatic carbocycles. The number of methoxy groups -OCH3 is 2. The quantitative estimate of drug-likeness (QED) is 0.309. The Bertz CT molecular complexity index is 1260. The van der Waals surface area contributed by atoms with Gasteiger partial charge in [-0.2, -0.15) is 0 Å². The monoisotopic (exact) mass is 582 g/mol. The van der Waals surface area contributed by atoms with Gasteiger partial charge in [-0.15, -0.1) is 0 Å². The Labute approximate surface area is 230 Å². The van der Waals surface area contributed by atoms with E-state index < -0.39 is 5.54 Å². The molecule has 0 saturated heterocycles. The van der Waals surface area contributed by atoms with E-state index in [1.165, 1.54) is 0 Å². The summed E-state index contributed by atoms with van der Waals surface area (Å²) in [5.41, 5.74) is 1.46. The summed E-state index contributed by atoms with van der Waals surface area (Å²) >= 11 is 3.47. The van der Waals surface area contributed by atoms with Crippen LogP contribution in [0.5, 0.6) is 17.2 Å². The highest BCUT2D eigenvalue weighted by Crippen LogP contribution is 2.30. The lowest BCUT2D eigenvalue weighted by molar-refractivity contribution is -0.126. The molecule has 0 aliphatic carbocycles. The van der Waals surface area contributed by atoms with Crippen LogP contribution in [0.25, 0.3) is 0 Å². The third-order valence-electron chi connectivity index (χ3n) is 6.17. The Hall–Kier alpha value is -3.56. The molecular formula is C29H31BrN2O6. The van der Waals surface area contributed by atoms with E-state index >= 15 is 0 Å². The molecule has 1 atom stereocenters. The largest absolute Gasteiger partial charge is 0.494 e. The molecule has 1 aliphatic heterocycles. The lowest BCUT2D eigenvalue weighted by atomic mass is 9.91. The van der Waals surface area contributed by atoms with E-state index in [-0.39, 0.29) is 19.1 Å². The summed E-state index contributed by atoms with van der Waals surface area (Å²) in [6.45, 7) is 0.929. The van der Waals surface area contributed by atoms with Gasteiger partial charge in [-0.3, -0.25) is 4.79 Å². The van der Waals surface area contributed by atoms with E-state index in [2.05, 4.69) is 21.2 Å². The Morgan fingerprint density at radius 1 is 1.03 bits per heavy atom. The summed E-state index contributed by atoms with van der Waals surface area (Å²) in [4.78, 5) is 18.5. The number of ether oxygens (including phenoxy) is 4. The lowest BCUT2D eigenvalue weighted by Crippen LogP contribution is -2.48. The number of nitrogens with zero attached hydrogens (tertiary/aromatic N) is 1. The van der Waals surface area contributed by atoms with Crippen LogP contribution in [-0.2, 0) is 22.5 Å². The van der Waals surface area contributed by atoms with Crippen molar-refractivity contribution in [3.63, 3.8) is 0 Å². The molecule has 0 bridgehead atoms. The van der Waals surface area contributed by atoms with Gasteiger partial charge < -0.3 is 29.4 Å². The minimum atomic E-state index is -1.13. The van der Waals surface area contributed by atoms with Crippen LogP contribution in [0.4, 0.5) is 0 Å². The normalized spacial score (nSPS) is 16.4. The van der Waals surface area contributed by atoms with Crippen molar-refractivity contribution in [3.05, 3.63) is 87.9 Å². The third kappa shape index (κ3) is 6.65. The van der Waals surface area contributed by atoms with Crippen molar-refractivity contribution < 1.29 is 28.8 Å². The predicted molar refractivity (Wildman–Crippen MR) is 148 cm³/mol. The molecule has 1 heterocycles. The zero-order chi connectivity index (χ0) is 27.0. The van der Waals surface area contributed by atoms with Gasteiger partial charge in [0.1, 0.15) is 12.4 Å². The molecule has 4 rings (SSSR count). The van der Waals surface area contributed by atoms with Crippen LogP contribution in [0.1, 0.15) is 23.1 Å². The summed E-state index contributed by atoms with van der Waals surface area (Å²) in [6.07, 6.45) is 0.943. The second-order valence-electron chi connectivity index (χ2n) is 8.86. The summed E-state index contributed by atoms with van der Waals surface area (Å²) in [6, 6.07) is 20.7. The molecule has 200 valence electrons. The molecule has 3 aromatic rings. The highest BCUT2D eigenvalue weighted by Gasteiger charge is 2.44. The Balaban J connectivity index is 1.55. The molecule has 0 radical (unpaired) electrons. The van der Waals surface area contributed by atoms with Crippen molar-refractivity contribution >= 4 is 27.7 Å². The Kier molecular flexibility index (Phi) is 9.25. The van der Waals surface area contributed by atoms with E-state index in [0.717, 1.165) is 21.2 Å². The molecular weight excluding hydrogens is 552 g/mol. The molecule has 1 amide bonds. The smallest absolute Gasteiger partial charge is 0.252 e. The van der Waals surface area contributed by atoms with Crippen molar-refractivity contribution in [1.29, 1.82) is 0 Å². The number of aliphatic imine (C=N–C) groups is 1. The van der Waals surface area contributed by atoms with Gasteiger partial charge >= 0.3 is 0 Å². The molecule has 2 N–H and O–H groups in total. The van der Waals surface area contributed by atoms with Gasteiger partial charge in [-0.1, -0.05) is 34.1 Å². The Morgan fingerprint density at radius 3 is 2.42 bits per heavy atom. The number of amides is 1. The first-order valence-corrected chi connectivity index (χ1v) is 13.1. The average molecular weight is 583 g/mol. The number of carbonyl (C=O) groups excluding carboxylic acids is 1. The minimum Gasteiger partial charge on any atom is -0.494 e. The fourth-order valence-electron chi connectivity index (χ4n) is 4.11. The highest BCUT2D eigenvalue weighted by atomic mass is 79.9. The van der Waals surface area contributed by atoms with Gasteiger partial charge in [0.25, 0.3) is 5.91 Å². The number of aliphatic hydroxyl groups is 1. The molecule has 0 saturated carbocycles. The van der Waals surface area contributed by atoms with Crippen molar-refractivity contribution in [2.45, 2.75) is 24.9 Å². The van der Waals surface area contributed by atoms with E-state index in [0.29, 0.717) is 49.1 Å². The van der Waals surface area contributed by atoms with Crippen LogP contribution in [-0.4, -0.2) is 56.5 Å². The molecule has 0 aromatic heterocycles. The summed E-state index contributed by atoms with van der Waals surface area (Å²) in [7, 11) is 3.16. The van der Waals surface area contributed by atoms with Gasteiger partial charge in [0, 0.05) is 36.0 Å². The zero-order valence-electron chi connectivity index (χ0n) is 21.4. The summed E-state index contributed by atoms with van der Waals surface area (Å²) in [5.74, 6) is 2.09. The van der Waals surface area contributed by atoms with E-state index in [1.807, 2.05) is 66.7 Å². The summed E-state index contributed by atoms with van der Waals surface area (Å²) in [5, 5.41) is 12.0. The van der Waals surface area contributed by atoms with E-state index in [4.69, 9.17) is 29.0 Å². The fraction of sp³-hybridized carbons (Fsp3) is 0.310. The van der Waals surface area contributed by atoms with Crippen LogP contribution in [0, 0.1) is 0 Å². The van der Waals surface area contributed by atoms with Crippen molar-refractivity contribution in [1.82, 2.24) is 5.32 Å². The molecule has 38 heavy (non-hydrogen) atoms. The average Bonchev–Trinajstić information content (AvgIpc) is 3.38. The first-order valence-electron chi connectivity index (χ1n) is 12.3. The second-order valence-corrected chi connectivity index (χ2v) is 9.78. The number of carbonyl (C=O) groups is 1. The highest BCUT2D eigenvalue weighted by molar-refractivity contribution is 9.10. The van der Waals surface area contributed by atoms with Crippen molar-refractivity contribution in [2.24, 2.45) is 4.99 Å². The van der Waals surface area contributed by atoms with Gasteiger partial charge in [0.15, 0.2) is 17.0 Å². The first kappa shape index (κ1) is 27.5. The van der Waals surface area contributed by atoms with Crippen LogP contribution in [0.2, 0.25) is 0 Å². The molecule has 0 fully saturated rings. The number of aliphatic hydroxyl groups excluding tert-OH is 1. The van der Waals surface area contributed by atoms with Crippen LogP contribution in [0.15, 0.2) is 76.2 Å². The fourth-order valence-corrected chi connectivity index (χ4v) is 4.37. The molecule has 8 nitrogen and oxygen atoms in total. The number of hydrogen-bond acceptors (Lipinski definition) is 7. The maximum absolute atomic E-state index is 13.7. The Morgan fingerprint density at radius 2 is 1.74 bits per heavy atom. The second kappa shape index (κ2) is 12.8. The predicted octanol–water partition coefficient (Wildman–Crippen LogP) is 4.30. The number of halogens is 1. The number of benzene rings is 3. The maximum Gasteiger partial charge on any atom is 0.252 e. The number of rotatable bonds is 12. The third-order valence-corrected chi connectivity index (χ3v) is 6.70. The topological polar surface area (TPSA) is 98.6 Å². The van der Waals surface area contributed by atoms with Gasteiger partial charge in [0.2, 0.25) is 5.90 Å². The molecule has 0 unspecified atom stereocenters. The van der Waals surface area contributed by atoms with Crippen molar-refractivity contribution in [3.8, 4) is 17.2 Å². The SMILES string of the molecule is COc1ccc(CNC(=O)[C@@]2(Cc3ccc(Br)cc3)COC(c3ccc(OCCCO)cc3)=N2)cc1OC. The van der Waals surface area contributed by atoms with Crippen molar-refractivity contribution in [2.75, 3.05) is 34.0 Å². The van der Waals surface area contributed by atoms with Gasteiger partial charge in [-0.05, 0) is 59.7 Å². The molecule has 9 heteroatoms. The number of nitrogens with one attached hydrogen (secondary N) is 1. The van der Waals surface area contributed by atoms with Crippen LogP contribution >= 0.6 is 15.9 Å². The number of hydrogen-bond donors (Lipinski definition) is 2. The van der Waals surface area contributed by atoms with E-state index in [1.54, 1.807) is 14.2 Å². The van der Waals surface area contributed by atoms with Crippen LogP contribution in [0.3, 0.4) is 0 Å². The molecule has 1 aliphatic rings. The van der Waals surface area contributed by atoms with E-state index in [9.17, 15) is 4.79 Å². The standard InChI is InChI=1S/C29H31BrN2O6/c1-35-25-13-6-21(16-26(25)36-2)18-31-28(34)29(17-20-4-9-23(30)10-5-20)19-38-27(32-29)22-7-11-24(12-8-22)37-15-3-14-33/h4-13,16,33H,3,14-15,17-19H2,1-2H3,(H,31,34)/t29-/m1/s1. The molecule has 0 spiro atoms. The lowest BCUT2D eigenvalue weighted by Gasteiger charge is -2.23. The minimum absolute atomic E-state index is 0.0806. The van der Waals surface area contributed by atoms with Gasteiger partial charge in [-0.25, -0.2) is 4.99 Å². The summed E-state index contributed by atoms with van der Waals surface area (Å²) < 4.78 is 23.3.